The molecule has 6 aliphatic rings. The lowest BCUT2D eigenvalue weighted by atomic mass is 9.46. The van der Waals surface area contributed by atoms with E-state index in [1.165, 1.54) is 29.5 Å². The third-order valence-corrected chi connectivity index (χ3v) is 17.0. The van der Waals surface area contributed by atoms with Crippen molar-refractivity contribution in [2.45, 2.75) is 114 Å². The van der Waals surface area contributed by atoms with Gasteiger partial charge in [0.2, 0.25) is 18.1 Å². The molecule has 2 aliphatic heterocycles. The molecule has 396 valence electrons. The number of hydrogen-bond acceptors (Lipinski definition) is 18. The van der Waals surface area contributed by atoms with Gasteiger partial charge in [-0.15, -0.1) is 11.3 Å². The summed E-state index contributed by atoms with van der Waals surface area (Å²) in [6, 6.07) is 11.6. The minimum Gasteiger partial charge on any atom is -0.479 e. The van der Waals surface area contributed by atoms with Crippen molar-refractivity contribution >= 4 is 73.5 Å². The summed E-state index contributed by atoms with van der Waals surface area (Å²) >= 11 is 4.19. The number of aliphatic hydroxyl groups is 5. The Hall–Kier alpha value is -5.47. The molecular weight excluding hydrogens is 1050 g/mol. The third kappa shape index (κ3) is 9.94. The Morgan fingerprint density at radius 2 is 1.72 bits per heavy atom. The number of nitrogens with one attached hydrogen (secondary N) is 3. The predicted molar refractivity (Wildman–Crippen MR) is 264 cm³/mol. The number of Topliss-reactive ketones (excluding diaryl/α,β-unsaturated/α-hetero) is 1. The van der Waals surface area contributed by atoms with Crippen LogP contribution >= 0.6 is 27.3 Å². The molecule has 0 radical (unpaired) electrons. The number of aromatic nitrogens is 1. The average molecular weight is 1110 g/mol. The summed E-state index contributed by atoms with van der Waals surface area (Å²) in [5.41, 5.74) is 0.725. The maximum absolute atomic E-state index is 14.0. The SMILES string of the molecule is C[C@]12C=CC(=O)C=C1CC[C@@H]1[C@@H]2[C@@H](O)C[C@@]2(C)[C@H]1C[C@H]1O[C@@H](c3ccc(Cc4csc(NC(=O)OCc5ccc(O[C@@H]6O[C@H](C(=O)O)[C@@H](O)[C@H](O)[C@H]6O)c(NC(=O)CCNC(=O)CBr)c5)n4)cc3)O[C@]12C(=O)CO. The number of alkyl halides is 1. The number of anilines is 2. The van der Waals surface area contributed by atoms with Crippen LogP contribution in [-0.2, 0) is 55.9 Å². The normalized spacial score (nSPS) is 33.8. The number of halogens is 1. The molecule has 0 bridgehead atoms. The molecule has 21 nitrogen and oxygen atoms in total. The van der Waals surface area contributed by atoms with Crippen molar-refractivity contribution in [3.63, 3.8) is 0 Å². The summed E-state index contributed by atoms with van der Waals surface area (Å²) in [6.45, 7) is 3.01. The molecule has 0 unspecified atom stereocenters. The number of carboxylic acids is 1. The van der Waals surface area contributed by atoms with E-state index in [9.17, 15) is 59.4 Å². The minimum atomic E-state index is -1.96. The lowest BCUT2D eigenvalue weighted by Gasteiger charge is -2.59. The maximum atomic E-state index is 14.0. The number of thiazole rings is 1. The van der Waals surface area contributed by atoms with Gasteiger partial charge in [0.25, 0.3) is 0 Å². The fourth-order valence-electron chi connectivity index (χ4n) is 12.3. The van der Waals surface area contributed by atoms with Gasteiger partial charge in [0.05, 0.1) is 28.9 Å². The number of fused-ring (bicyclic) bond motifs is 7. The second-order valence-electron chi connectivity index (χ2n) is 20.1. The number of benzene rings is 2. The van der Waals surface area contributed by atoms with Gasteiger partial charge in [-0.05, 0) is 72.9 Å². The van der Waals surface area contributed by atoms with E-state index < -0.39 is 96.0 Å². The molecule has 23 heteroatoms. The molecule has 9 N–H and O–H groups in total. The summed E-state index contributed by atoms with van der Waals surface area (Å²) < 4.78 is 29.7. The van der Waals surface area contributed by atoms with E-state index in [2.05, 4.69) is 43.8 Å². The van der Waals surface area contributed by atoms with Gasteiger partial charge in [0.15, 0.2) is 34.7 Å². The van der Waals surface area contributed by atoms with Gasteiger partial charge >= 0.3 is 12.1 Å². The molecule has 5 fully saturated rings. The first kappa shape index (κ1) is 53.4. The van der Waals surface area contributed by atoms with Crippen LogP contribution in [0.4, 0.5) is 15.6 Å². The van der Waals surface area contributed by atoms with Crippen LogP contribution in [0.1, 0.15) is 74.6 Å². The van der Waals surface area contributed by atoms with Crippen LogP contribution in [0.15, 0.2) is 71.6 Å². The first-order chi connectivity index (χ1) is 35.3. The number of carbonyl (C=O) groups is 6. The lowest BCUT2D eigenvalue weighted by molar-refractivity contribution is -0.271. The van der Waals surface area contributed by atoms with Gasteiger partial charge in [0.1, 0.15) is 37.3 Å². The Labute approximate surface area is 436 Å². The zero-order valence-corrected chi connectivity index (χ0v) is 42.6. The largest absolute Gasteiger partial charge is 0.479 e. The number of ketones is 2. The van der Waals surface area contributed by atoms with Crippen LogP contribution in [0, 0.1) is 28.6 Å². The van der Waals surface area contributed by atoms with Crippen molar-refractivity contribution in [1.82, 2.24) is 10.3 Å². The molecule has 3 saturated carbocycles. The highest BCUT2D eigenvalue weighted by Crippen LogP contribution is 2.70. The Morgan fingerprint density at radius 3 is 2.45 bits per heavy atom. The van der Waals surface area contributed by atoms with Crippen LogP contribution in [0.3, 0.4) is 0 Å². The first-order valence-electron chi connectivity index (χ1n) is 24.2. The fourth-order valence-corrected chi connectivity index (χ4v) is 13.2. The zero-order valence-electron chi connectivity index (χ0n) is 40.2. The molecule has 1 aromatic heterocycles. The number of ether oxygens (including phenoxy) is 5. The fraction of sp³-hybridized carbons (Fsp3) is 0.510. The minimum absolute atomic E-state index is 0.0163. The van der Waals surface area contributed by atoms with Gasteiger partial charge in [0, 0.05) is 47.1 Å². The van der Waals surface area contributed by atoms with Crippen molar-refractivity contribution in [2.75, 3.05) is 29.1 Å². The first-order valence-corrected chi connectivity index (χ1v) is 26.2. The van der Waals surface area contributed by atoms with Crippen LogP contribution < -0.4 is 20.7 Å². The van der Waals surface area contributed by atoms with E-state index >= 15 is 0 Å². The Balaban J connectivity index is 0.814. The number of aliphatic carboxylic acids is 1. The number of carboxylic acid groups (broad SMARTS) is 1. The second kappa shape index (κ2) is 21.3. The number of allylic oxidation sites excluding steroid dienone is 4. The summed E-state index contributed by atoms with van der Waals surface area (Å²) in [6.07, 6.45) is -5.06. The molecule has 14 atom stereocenters. The van der Waals surface area contributed by atoms with Gasteiger partial charge in [-0.3, -0.25) is 24.5 Å². The molecule has 4 aliphatic carbocycles. The Morgan fingerprint density at radius 1 is 0.959 bits per heavy atom. The monoisotopic (exact) mass is 1110 g/mol. The molecule has 2 saturated heterocycles. The zero-order chi connectivity index (χ0) is 52.9. The van der Waals surface area contributed by atoms with Gasteiger partial charge in [-0.1, -0.05) is 71.8 Å². The molecule has 9 rings (SSSR count). The number of amides is 3. The smallest absolute Gasteiger partial charge is 0.413 e. The van der Waals surface area contributed by atoms with E-state index in [0.29, 0.717) is 36.1 Å². The van der Waals surface area contributed by atoms with Crippen LogP contribution in [-0.4, -0.2) is 138 Å². The third-order valence-electron chi connectivity index (χ3n) is 15.7. The van der Waals surface area contributed by atoms with E-state index in [1.54, 1.807) is 17.5 Å². The van der Waals surface area contributed by atoms with E-state index in [4.69, 9.17) is 23.7 Å². The number of carbonyl (C=O) groups excluding carboxylic acids is 5. The second-order valence-corrected chi connectivity index (χ2v) is 21.5. The summed E-state index contributed by atoms with van der Waals surface area (Å²) in [4.78, 5) is 80.0. The Bertz CT molecular complexity index is 2760. The Kier molecular flexibility index (Phi) is 15.3. The van der Waals surface area contributed by atoms with Crippen LogP contribution in [0.5, 0.6) is 5.75 Å². The number of hydrogen-bond donors (Lipinski definition) is 9. The summed E-state index contributed by atoms with van der Waals surface area (Å²) in [7, 11) is 0. The van der Waals surface area contributed by atoms with E-state index in [0.717, 1.165) is 17.6 Å². The van der Waals surface area contributed by atoms with Crippen molar-refractivity contribution in [1.29, 1.82) is 0 Å². The van der Waals surface area contributed by atoms with E-state index in [-0.39, 0.29) is 77.3 Å². The van der Waals surface area contributed by atoms with Crippen LogP contribution in [0.25, 0.3) is 0 Å². The molecule has 2 aromatic carbocycles. The number of aliphatic hydroxyl groups excluding tert-OH is 5. The quantitative estimate of drug-likeness (QED) is 0.0930. The number of nitrogens with zero attached hydrogens (tertiary/aromatic N) is 1. The highest BCUT2D eigenvalue weighted by molar-refractivity contribution is 9.09. The molecule has 3 heterocycles. The molecule has 3 aromatic rings. The summed E-state index contributed by atoms with van der Waals surface area (Å²) in [5.74, 6) is -3.38. The van der Waals surface area contributed by atoms with Crippen molar-refractivity contribution in [3.8, 4) is 5.75 Å². The predicted octanol–water partition coefficient (Wildman–Crippen LogP) is 3.20. The van der Waals surface area contributed by atoms with E-state index in [1.807, 2.05) is 37.3 Å². The average Bonchev–Trinajstić information content (AvgIpc) is 4.06. The van der Waals surface area contributed by atoms with Crippen LogP contribution in [0.2, 0.25) is 0 Å². The highest BCUT2D eigenvalue weighted by Gasteiger charge is 2.76. The van der Waals surface area contributed by atoms with Crippen molar-refractivity contribution in [2.24, 2.45) is 28.6 Å². The number of rotatable bonds is 16. The highest BCUT2D eigenvalue weighted by atomic mass is 79.9. The topological polar surface area (TPSA) is 319 Å². The lowest BCUT2D eigenvalue weighted by Crippen LogP contribution is -2.63. The molecular formula is C51H57BrN4O17S. The molecule has 0 spiro atoms. The van der Waals surface area contributed by atoms with Gasteiger partial charge < -0.3 is 65.0 Å². The van der Waals surface area contributed by atoms with Crippen molar-refractivity contribution < 1.29 is 83.1 Å². The molecule has 74 heavy (non-hydrogen) atoms. The van der Waals surface area contributed by atoms with Gasteiger partial charge in [-0.25, -0.2) is 14.6 Å². The summed E-state index contributed by atoms with van der Waals surface area (Å²) in [5, 5.41) is 72.5. The standard InChI is InChI=1S/C51H57BrN4O17S/c1-49-13-11-29(58)17-27(49)8-9-30-31-18-36-51(35(60)21-57,50(31,2)19-33(59)39(30)49)73-45(71-36)26-6-3-24(4-7-26)15-28-23-74-47(54-28)56-48(68)69-22-25-5-10-34(32(16-25)55-37(61)12-14-53-38(62)20-52)70-46-42(65)40(63)41(64)43(72-46)44(66)67/h3-7,10-11,13,16-17,23,30-31,33,36,39-43,45-46,57,59,63-65H,8-9,12,14-15,18-22H2,1-2H3,(H,53,62)(H,55,61)(H,66,67)(H,54,56,68)/t30-,31-,33-,36+,39+,40-,41-,42+,43-,45+,46+,49-,50-,51+/m0/s1. The molecule has 3 amide bonds. The van der Waals surface area contributed by atoms with Gasteiger partial charge in [-0.2, -0.15) is 0 Å². The maximum Gasteiger partial charge on any atom is 0.413 e. The van der Waals surface area contributed by atoms with Crippen molar-refractivity contribution in [3.05, 3.63) is 94.0 Å².